The second kappa shape index (κ2) is 38.6. The van der Waals surface area contributed by atoms with Crippen LogP contribution in [0, 0.1) is 5.92 Å². The molecule has 0 amide bonds. The van der Waals surface area contributed by atoms with Gasteiger partial charge in [0, 0.05) is 51.6 Å². The van der Waals surface area contributed by atoms with E-state index in [-0.39, 0.29) is 59.3 Å². The molecule has 15 rings (SSSR count). The molecule has 0 radical (unpaired) electrons. The van der Waals surface area contributed by atoms with Crippen LogP contribution in [0.4, 0.5) is 22.0 Å². The number of ether oxygens (including phenoxy) is 11. The minimum absolute atomic E-state index is 0.00958. The molecular formula is C107H97F5O11. The van der Waals surface area contributed by atoms with Gasteiger partial charge in [-0.2, -0.15) is 8.78 Å². The van der Waals surface area contributed by atoms with Gasteiger partial charge in [-0.1, -0.05) is 226 Å². The quantitative estimate of drug-likeness (QED) is 0.0280. The predicted octanol–water partition coefficient (Wildman–Crippen LogP) is 28.4. The third-order valence-corrected chi connectivity index (χ3v) is 21.7. The van der Waals surface area contributed by atoms with E-state index in [1.165, 1.54) is 29.3 Å². The summed E-state index contributed by atoms with van der Waals surface area (Å²) < 4.78 is 151. The maximum Gasteiger partial charge on any atom is 0.573 e. The van der Waals surface area contributed by atoms with Crippen molar-refractivity contribution in [2.24, 2.45) is 5.92 Å². The number of methoxy groups -OCH3 is 4. The molecule has 123 heavy (non-hydrogen) atoms. The van der Waals surface area contributed by atoms with Crippen molar-refractivity contribution in [1.29, 1.82) is 0 Å². The number of rotatable bonds is 35. The van der Waals surface area contributed by atoms with E-state index in [0.29, 0.717) is 127 Å². The van der Waals surface area contributed by atoms with E-state index in [2.05, 4.69) is 36.4 Å². The summed E-state index contributed by atoms with van der Waals surface area (Å²) in [5.41, 5.74) is 15.1. The molecule has 0 saturated heterocycles. The van der Waals surface area contributed by atoms with Gasteiger partial charge in [0.25, 0.3) is 0 Å². The Bertz CT molecular complexity index is 6020. The van der Waals surface area contributed by atoms with Crippen LogP contribution in [0.5, 0.6) is 57.5 Å². The first-order chi connectivity index (χ1) is 59.9. The molecule has 0 heterocycles. The predicted molar refractivity (Wildman–Crippen MR) is 480 cm³/mol. The molecule has 0 aliphatic heterocycles. The Hall–Kier alpha value is -13.3. The van der Waals surface area contributed by atoms with Crippen LogP contribution in [0.25, 0.3) is 122 Å². The number of alkyl halides is 5. The zero-order chi connectivity index (χ0) is 85.7. The summed E-state index contributed by atoms with van der Waals surface area (Å²) >= 11 is 0. The number of benzene rings is 14. The lowest BCUT2D eigenvalue weighted by Gasteiger charge is -2.28. The molecule has 0 bridgehead atoms. The van der Waals surface area contributed by atoms with Crippen molar-refractivity contribution in [3.63, 3.8) is 0 Å². The summed E-state index contributed by atoms with van der Waals surface area (Å²) in [5, 5.41) is 0. The van der Waals surface area contributed by atoms with Gasteiger partial charge >= 0.3 is 13.0 Å². The van der Waals surface area contributed by atoms with Gasteiger partial charge in [-0.15, -0.1) is 13.2 Å². The smallest absolute Gasteiger partial charge is 0.497 e. The largest absolute Gasteiger partial charge is 0.573 e. The summed E-state index contributed by atoms with van der Waals surface area (Å²) in [6.07, 6.45) is -2.20. The molecule has 0 atom stereocenters. The Morgan fingerprint density at radius 3 is 1.41 bits per heavy atom. The van der Waals surface area contributed by atoms with Crippen LogP contribution in [0.15, 0.2) is 291 Å². The Balaban J connectivity index is 1.04. The van der Waals surface area contributed by atoms with Crippen molar-refractivity contribution < 1.29 is 74.1 Å². The highest BCUT2D eigenvalue weighted by atomic mass is 19.4. The van der Waals surface area contributed by atoms with Crippen molar-refractivity contribution in [2.45, 2.75) is 98.5 Å². The Morgan fingerprint density at radius 2 is 0.837 bits per heavy atom. The van der Waals surface area contributed by atoms with Crippen molar-refractivity contribution in [3.05, 3.63) is 313 Å². The molecule has 1 aliphatic rings. The Morgan fingerprint density at radius 1 is 0.350 bits per heavy atom. The van der Waals surface area contributed by atoms with Crippen LogP contribution in [-0.4, -0.2) is 67.3 Å². The molecule has 1 fully saturated rings. The van der Waals surface area contributed by atoms with Crippen molar-refractivity contribution in [2.75, 3.05) is 48.3 Å². The van der Waals surface area contributed by atoms with Gasteiger partial charge in [0.15, 0.2) is 0 Å². The fourth-order valence-corrected chi connectivity index (χ4v) is 16.5. The lowest BCUT2D eigenvalue weighted by atomic mass is 9.79. The second-order valence-corrected chi connectivity index (χ2v) is 30.9. The molecule has 11 nitrogen and oxygen atoms in total. The first kappa shape index (κ1) is 84.7. The van der Waals surface area contributed by atoms with Crippen LogP contribution in [-0.2, 0) is 24.4 Å². The van der Waals surface area contributed by atoms with E-state index >= 15 is 22.0 Å². The molecule has 0 spiro atoms. The third kappa shape index (κ3) is 19.2. The minimum Gasteiger partial charge on any atom is -0.497 e. The molecule has 0 aromatic heterocycles. The lowest BCUT2D eigenvalue weighted by Crippen LogP contribution is -2.18. The number of halogens is 5. The monoisotopic (exact) mass is 1650 g/mol. The average molecular weight is 1650 g/mol. The van der Waals surface area contributed by atoms with Gasteiger partial charge in [-0.3, -0.25) is 0 Å². The number of hydrogen-bond acceptors (Lipinski definition) is 11. The summed E-state index contributed by atoms with van der Waals surface area (Å²) in [6.45, 7) is 7.32. The molecule has 1 aliphatic carbocycles. The van der Waals surface area contributed by atoms with E-state index in [9.17, 15) is 0 Å². The van der Waals surface area contributed by atoms with Crippen LogP contribution in [0.1, 0.15) is 82.1 Å². The lowest BCUT2D eigenvalue weighted by molar-refractivity contribution is -0.274. The Kier molecular flexibility index (Phi) is 26.6. The summed E-state index contributed by atoms with van der Waals surface area (Å²) in [7, 11) is 6.43. The molecule has 0 N–H and O–H groups in total. The fraction of sp³-hybridized carbons (Fsp3) is 0.215. The molecule has 16 heteroatoms. The average Bonchev–Trinajstić information content (AvgIpc) is 1.01. The fourth-order valence-electron chi connectivity index (χ4n) is 16.5. The highest BCUT2D eigenvalue weighted by molar-refractivity contribution is 6.11. The SMILES string of the molecule is CCOc1cccc(-c2c(-c3cccc(OC(C)C)c3-c3cccc(OCC(C)C)c3-c3cccc(OC(F)F)c3-c3cccc(OC(F)(F)F)c3-c3cccc(COC)c3-c3cccc(OCc4ccccc4)c3-c3cccc(OCCCc4ccccc4)c3-c3cccc(C4CC4)c3)cc(OC)c(-c3cccc(OC)c3)c2-c2ccc(OC)cc2)c1. The van der Waals surface area contributed by atoms with Gasteiger partial charge < -0.3 is 52.1 Å². The van der Waals surface area contributed by atoms with E-state index < -0.39 is 24.8 Å². The highest BCUT2D eigenvalue weighted by Crippen LogP contribution is 2.60. The van der Waals surface area contributed by atoms with Gasteiger partial charge in [0.05, 0.1) is 53.9 Å². The first-order valence-electron chi connectivity index (χ1n) is 41.5. The number of aryl methyl sites for hydroxylation is 1. The van der Waals surface area contributed by atoms with Crippen LogP contribution < -0.4 is 47.4 Å². The van der Waals surface area contributed by atoms with Gasteiger partial charge in [0.1, 0.15) is 64.1 Å². The summed E-state index contributed by atoms with van der Waals surface area (Å²) in [5.74, 6) is 3.35. The minimum atomic E-state index is -5.33. The summed E-state index contributed by atoms with van der Waals surface area (Å²) in [6, 6.07) is 91.5. The van der Waals surface area contributed by atoms with Crippen LogP contribution in [0.3, 0.4) is 0 Å². The van der Waals surface area contributed by atoms with Gasteiger partial charge in [0.2, 0.25) is 0 Å². The Labute approximate surface area is 716 Å². The van der Waals surface area contributed by atoms with Crippen molar-refractivity contribution >= 4 is 0 Å². The maximum atomic E-state index is 16.1. The van der Waals surface area contributed by atoms with Gasteiger partial charge in [-0.25, -0.2) is 0 Å². The normalized spacial score (nSPS) is 12.0. The van der Waals surface area contributed by atoms with Crippen LogP contribution >= 0.6 is 0 Å². The van der Waals surface area contributed by atoms with Gasteiger partial charge in [-0.05, 0) is 237 Å². The van der Waals surface area contributed by atoms with E-state index in [0.717, 1.165) is 69.3 Å². The van der Waals surface area contributed by atoms with E-state index in [1.54, 1.807) is 58.8 Å². The second-order valence-electron chi connectivity index (χ2n) is 30.9. The van der Waals surface area contributed by atoms with E-state index in [1.807, 2.05) is 241 Å². The summed E-state index contributed by atoms with van der Waals surface area (Å²) in [4.78, 5) is 0. The molecular weight excluding hydrogens is 1560 g/mol. The van der Waals surface area contributed by atoms with E-state index in [4.69, 9.17) is 52.1 Å². The molecule has 0 unspecified atom stereocenters. The topological polar surface area (TPSA) is 102 Å². The molecule has 14 aromatic rings. The standard InChI is InChI=1S/C107H97F5O11/c1-10-117-80-39-19-35-75(62-80)98-88(63-95(116-9)99(76-36-18-38-79(61-76)115-8)100(98)72-55-57-78(114-7)58-56-72)81-40-21-50-92(121-68(4)5)101(81)85-44-24-48-90(119-64-67(2)3)103(85)86-45-25-51-93(122-106(108)109)104(86)87-46-26-52-94(123-107(110,111)112)105(87)83-41-20-37-77(66-113-6)96(83)82-42-22-49-91(120-65-70-30-15-12-16-31-70)102(82)84-43-23-47-89(118-59-27-32-69-28-13-11-14-29-69)97(84)74-34-17-33-73(60-74)71-53-54-71/h11-26,28-31,33-52,55-58,60-63,67-68,71,106H,10,27,32,53-54,59,64-66H2,1-9H3. The third-order valence-electron chi connectivity index (χ3n) is 21.7. The first-order valence-corrected chi connectivity index (χ1v) is 41.5. The van der Waals surface area contributed by atoms with Crippen molar-refractivity contribution in [1.82, 2.24) is 0 Å². The molecule has 14 aromatic carbocycles. The van der Waals surface area contributed by atoms with Crippen molar-refractivity contribution in [3.8, 4) is 180 Å². The maximum absolute atomic E-state index is 16.1. The highest BCUT2D eigenvalue weighted by Gasteiger charge is 2.37. The zero-order valence-corrected chi connectivity index (χ0v) is 70.3. The number of hydrogen-bond donors (Lipinski definition) is 0. The van der Waals surface area contributed by atoms with Crippen LogP contribution in [0.2, 0.25) is 0 Å². The molecule has 626 valence electrons. The molecule has 1 saturated carbocycles. The zero-order valence-electron chi connectivity index (χ0n) is 70.3.